The fourth-order valence-electron chi connectivity index (χ4n) is 1.98. The van der Waals surface area contributed by atoms with Gasteiger partial charge in [-0.05, 0) is 12.5 Å². The zero-order valence-corrected chi connectivity index (χ0v) is 12.7. The summed E-state index contributed by atoms with van der Waals surface area (Å²) in [6.45, 7) is 4.09. The lowest BCUT2D eigenvalue weighted by molar-refractivity contribution is -0.143. The van der Waals surface area contributed by atoms with Gasteiger partial charge in [0.2, 0.25) is 0 Å². The third kappa shape index (κ3) is 4.28. The zero-order valence-electron chi connectivity index (χ0n) is 12.7. The van der Waals surface area contributed by atoms with Gasteiger partial charge >= 0.3 is 5.97 Å². The van der Waals surface area contributed by atoms with E-state index in [0.717, 1.165) is 6.42 Å². The second-order valence-corrected chi connectivity index (χ2v) is 4.90. The Morgan fingerprint density at radius 3 is 2.95 bits per heavy atom. The first-order chi connectivity index (χ1) is 10.6. The highest BCUT2D eigenvalue weighted by atomic mass is 16.5. The van der Waals surface area contributed by atoms with Gasteiger partial charge in [0.1, 0.15) is 12.0 Å². The van der Waals surface area contributed by atoms with Crippen LogP contribution in [0.25, 0.3) is 0 Å². The number of ether oxygens (including phenoxy) is 1. The van der Waals surface area contributed by atoms with Gasteiger partial charge in [-0.25, -0.2) is 9.67 Å². The minimum Gasteiger partial charge on any atom is -0.465 e. The first-order valence-electron chi connectivity index (χ1n) is 7.21. The molecule has 0 aliphatic carbocycles. The van der Waals surface area contributed by atoms with Crippen molar-refractivity contribution in [3.05, 3.63) is 46.0 Å². The summed E-state index contributed by atoms with van der Waals surface area (Å²) in [5, 5.41) is 4.03. The number of hydrogen-bond donors (Lipinski definition) is 0. The Kier molecular flexibility index (Phi) is 5.46. The Hall–Kier alpha value is -2.44. The lowest BCUT2D eigenvalue weighted by Crippen LogP contribution is -2.27. The van der Waals surface area contributed by atoms with Crippen molar-refractivity contribution >= 4 is 5.97 Å². The van der Waals surface area contributed by atoms with Gasteiger partial charge in [-0.1, -0.05) is 6.92 Å². The average Bonchev–Trinajstić information content (AvgIpc) is 2.88. The van der Waals surface area contributed by atoms with Crippen molar-refractivity contribution in [2.24, 2.45) is 0 Å². The van der Waals surface area contributed by atoms with Crippen LogP contribution in [-0.4, -0.2) is 27.3 Å². The predicted octanol–water partition coefficient (Wildman–Crippen LogP) is 1.47. The Morgan fingerprint density at radius 2 is 2.27 bits per heavy atom. The zero-order chi connectivity index (χ0) is 15.9. The third-order valence-electron chi connectivity index (χ3n) is 3.06. The first-order valence-corrected chi connectivity index (χ1v) is 7.21. The topological polar surface area (TPSA) is 87.2 Å². The fourth-order valence-corrected chi connectivity index (χ4v) is 1.98. The van der Waals surface area contributed by atoms with E-state index in [1.54, 1.807) is 19.2 Å². The van der Waals surface area contributed by atoms with Crippen LogP contribution in [-0.2, 0) is 22.5 Å². The van der Waals surface area contributed by atoms with Gasteiger partial charge in [-0.15, -0.1) is 0 Å². The fraction of sp³-hybridized carbons (Fsp3) is 0.467. The Morgan fingerprint density at radius 1 is 1.45 bits per heavy atom. The third-order valence-corrected chi connectivity index (χ3v) is 3.06. The van der Waals surface area contributed by atoms with Crippen molar-refractivity contribution < 1.29 is 13.9 Å². The van der Waals surface area contributed by atoms with E-state index in [-0.39, 0.29) is 24.7 Å². The van der Waals surface area contributed by atoms with Crippen LogP contribution in [0.2, 0.25) is 0 Å². The molecular formula is C15H19N3O4. The summed E-state index contributed by atoms with van der Waals surface area (Å²) >= 11 is 0. The molecule has 0 amide bonds. The molecule has 7 heteroatoms. The van der Waals surface area contributed by atoms with Crippen molar-refractivity contribution in [3.8, 4) is 0 Å². The number of aryl methyl sites for hydroxylation is 1. The van der Waals surface area contributed by atoms with Crippen LogP contribution in [0.3, 0.4) is 0 Å². The molecule has 0 bridgehead atoms. The standard InChI is InChI=1S/C15H19N3O4/c1-3-4-14(19)21-8-6-12-5-7-16-18(15(12)20)9-13-10-22-11(2)17-13/h5,7,10H,3-4,6,8-9H2,1-2H3. The second kappa shape index (κ2) is 7.53. The SMILES string of the molecule is CCCC(=O)OCCc1ccnn(Cc2coc(C)n2)c1=O. The maximum Gasteiger partial charge on any atom is 0.305 e. The summed E-state index contributed by atoms with van der Waals surface area (Å²) < 4.78 is 11.5. The molecule has 0 saturated carbocycles. The van der Waals surface area contributed by atoms with Gasteiger partial charge < -0.3 is 9.15 Å². The molecule has 0 radical (unpaired) electrons. The van der Waals surface area contributed by atoms with Gasteiger partial charge in [0.05, 0.1) is 13.2 Å². The minimum atomic E-state index is -0.241. The largest absolute Gasteiger partial charge is 0.465 e. The van der Waals surface area contributed by atoms with E-state index in [2.05, 4.69) is 10.1 Å². The summed E-state index contributed by atoms with van der Waals surface area (Å²) in [6, 6.07) is 1.64. The van der Waals surface area contributed by atoms with Crippen LogP contribution in [0, 0.1) is 6.92 Å². The molecule has 0 spiro atoms. The maximum absolute atomic E-state index is 12.3. The number of carbonyl (C=O) groups is 1. The number of rotatable bonds is 7. The van der Waals surface area contributed by atoms with E-state index < -0.39 is 0 Å². The molecule has 118 valence electrons. The number of hydrogen-bond acceptors (Lipinski definition) is 6. The number of esters is 1. The van der Waals surface area contributed by atoms with Crippen LogP contribution in [0.4, 0.5) is 0 Å². The van der Waals surface area contributed by atoms with Crippen LogP contribution < -0.4 is 5.56 Å². The smallest absolute Gasteiger partial charge is 0.305 e. The summed E-state index contributed by atoms with van der Waals surface area (Å²) in [5.74, 6) is 0.303. The number of nitrogens with zero attached hydrogens (tertiary/aromatic N) is 3. The second-order valence-electron chi connectivity index (χ2n) is 4.90. The lowest BCUT2D eigenvalue weighted by Gasteiger charge is -2.06. The minimum absolute atomic E-state index is 0.196. The summed E-state index contributed by atoms with van der Waals surface area (Å²) in [7, 11) is 0. The monoisotopic (exact) mass is 305 g/mol. The Labute approximate surface area is 127 Å². The highest BCUT2D eigenvalue weighted by Crippen LogP contribution is 2.02. The Balaban J connectivity index is 2.00. The molecule has 0 aliphatic rings. The van der Waals surface area contributed by atoms with Crippen LogP contribution in [0.5, 0.6) is 0 Å². The molecule has 7 nitrogen and oxygen atoms in total. The van der Waals surface area contributed by atoms with E-state index in [9.17, 15) is 9.59 Å². The quantitative estimate of drug-likeness (QED) is 0.720. The molecule has 0 N–H and O–H groups in total. The maximum atomic E-state index is 12.3. The molecule has 22 heavy (non-hydrogen) atoms. The van der Waals surface area contributed by atoms with Crippen molar-refractivity contribution in [1.29, 1.82) is 0 Å². The highest BCUT2D eigenvalue weighted by Gasteiger charge is 2.08. The molecule has 0 aromatic carbocycles. The number of carbonyl (C=O) groups excluding carboxylic acids is 1. The highest BCUT2D eigenvalue weighted by molar-refractivity contribution is 5.69. The summed E-state index contributed by atoms with van der Waals surface area (Å²) in [5.41, 5.74) is 0.979. The molecule has 0 aliphatic heterocycles. The number of oxazole rings is 1. The van der Waals surface area contributed by atoms with Gasteiger partial charge in [0.15, 0.2) is 5.89 Å². The van der Waals surface area contributed by atoms with E-state index in [4.69, 9.17) is 9.15 Å². The molecule has 2 rings (SSSR count). The first kappa shape index (κ1) is 15.9. The van der Waals surface area contributed by atoms with E-state index >= 15 is 0 Å². The molecule has 0 unspecified atom stereocenters. The number of aromatic nitrogens is 3. The van der Waals surface area contributed by atoms with Crippen LogP contribution in [0.1, 0.15) is 36.9 Å². The van der Waals surface area contributed by atoms with Crippen molar-refractivity contribution in [2.45, 2.75) is 39.7 Å². The molecule has 0 saturated heterocycles. The van der Waals surface area contributed by atoms with Gasteiger partial charge in [0.25, 0.3) is 5.56 Å². The van der Waals surface area contributed by atoms with E-state index in [0.29, 0.717) is 30.0 Å². The van der Waals surface area contributed by atoms with Gasteiger partial charge in [-0.3, -0.25) is 9.59 Å². The van der Waals surface area contributed by atoms with Crippen molar-refractivity contribution in [3.63, 3.8) is 0 Å². The van der Waals surface area contributed by atoms with Crippen LogP contribution >= 0.6 is 0 Å². The molecule has 0 fully saturated rings. The lowest BCUT2D eigenvalue weighted by atomic mass is 10.2. The van der Waals surface area contributed by atoms with Crippen molar-refractivity contribution in [2.75, 3.05) is 6.61 Å². The molecule has 2 heterocycles. The Bertz CT molecular complexity index is 690. The van der Waals surface area contributed by atoms with E-state index in [1.165, 1.54) is 10.9 Å². The predicted molar refractivity (Wildman–Crippen MR) is 78.4 cm³/mol. The molecule has 0 atom stereocenters. The van der Waals surface area contributed by atoms with Crippen molar-refractivity contribution in [1.82, 2.24) is 14.8 Å². The summed E-state index contributed by atoms with van der Waals surface area (Å²) in [4.78, 5) is 27.7. The normalized spacial score (nSPS) is 10.6. The van der Waals surface area contributed by atoms with Crippen LogP contribution in [0.15, 0.2) is 27.7 Å². The molecule has 2 aromatic rings. The van der Waals surface area contributed by atoms with Gasteiger partial charge in [-0.2, -0.15) is 5.10 Å². The molecular weight excluding hydrogens is 286 g/mol. The van der Waals surface area contributed by atoms with Gasteiger partial charge in [0, 0.05) is 31.5 Å². The summed E-state index contributed by atoms with van der Waals surface area (Å²) in [6.07, 6.45) is 4.57. The average molecular weight is 305 g/mol. The van der Waals surface area contributed by atoms with E-state index in [1.807, 2.05) is 6.92 Å². The molecule has 2 aromatic heterocycles.